The first-order valence-corrected chi connectivity index (χ1v) is 13.4. The van der Waals surface area contributed by atoms with Crippen LogP contribution in [0.25, 0.3) is 56.0 Å². The molecule has 1 aliphatic heterocycles. The summed E-state index contributed by atoms with van der Waals surface area (Å²) in [5, 5.41) is 8.46. The molecule has 1 saturated heterocycles. The summed E-state index contributed by atoms with van der Waals surface area (Å²) in [7, 11) is 0. The van der Waals surface area contributed by atoms with Gasteiger partial charge in [-0.3, -0.25) is 25.0 Å². The first-order valence-electron chi connectivity index (χ1n) is 13.4. The number of pyridine rings is 3. The standard InChI is InChI=1S/C30H27FN8O/c1-18-4-6-32-16-23(18)25-15-22-26(17-34-25)37-38-28(22)30-35-24-5-7-33-27(29(24)36-30)19-12-20(31)14-21(13-19)40-11-10-39-8-2-3-9-39/h4-7,12-17H,2-3,8-11H2,1H3,(H,35,36)(H,37,38). The van der Waals surface area contributed by atoms with Crippen LogP contribution in [-0.4, -0.2) is 66.3 Å². The molecule has 40 heavy (non-hydrogen) atoms. The fraction of sp³-hybridized carbons (Fsp3) is 0.233. The van der Waals surface area contributed by atoms with E-state index in [4.69, 9.17) is 9.72 Å². The van der Waals surface area contributed by atoms with Crippen LogP contribution >= 0.6 is 0 Å². The molecule has 0 saturated carbocycles. The van der Waals surface area contributed by atoms with E-state index in [1.807, 2.05) is 37.4 Å². The third-order valence-corrected chi connectivity index (χ3v) is 7.41. The minimum atomic E-state index is -0.382. The first kappa shape index (κ1) is 24.3. The lowest BCUT2D eigenvalue weighted by Crippen LogP contribution is -2.25. The number of nitrogens with one attached hydrogen (secondary N) is 2. The second-order valence-electron chi connectivity index (χ2n) is 10.1. The number of likely N-dealkylation sites (tertiary alicyclic amines) is 1. The number of rotatable bonds is 7. The van der Waals surface area contributed by atoms with Crippen molar-refractivity contribution in [2.45, 2.75) is 19.8 Å². The van der Waals surface area contributed by atoms with Gasteiger partial charge in [-0.15, -0.1) is 0 Å². The molecule has 0 atom stereocenters. The molecule has 7 rings (SSSR count). The number of nitrogens with zero attached hydrogens (tertiary/aromatic N) is 6. The largest absolute Gasteiger partial charge is 0.492 e. The second-order valence-corrected chi connectivity index (χ2v) is 10.1. The van der Waals surface area contributed by atoms with Crippen molar-refractivity contribution in [2.75, 3.05) is 26.2 Å². The maximum absolute atomic E-state index is 14.7. The van der Waals surface area contributed by atoms with Crippen LogP contribution in [0.2, 0.25) is 0 Å². The van der Waals surface area contributed by atoms with Gasteiger partial charge in [-0.05, 0) is 68.8 Å². The Kier molecular flexibility index (Phi) is 6.16. The second kappa shape index (κ2) is 10.1. The monoisotopic (exact) mass is 534 g/mol. The van der Waals surface area contributed by atoms with Gasteiger partial charge in [0.25, 0.3) is 0 Å². The summed E-state index contributed by atoms with van der Waals surface area (Å²) in [4.78, 5) is 24.0. The number of aryl methyl sites for hydroxylation is 1. The highest BCUT2D eigenvalue weighted by molar-refractivity contribution is 5.97. The molecule has 6 aromatic rings. The van der Waals surface area contributed by atoms with E-state index in [-0.39, 0.29) is 5.82 Å². The number of hydrogen-bond acceptors (Lipinski definition) is 7. The van der Waals surface area contributed by atoms with Crippen molar-refractivity contribution >= 4 is 21.9 Å². The lowest BCUT2D eigenvalue weighted by atomic mass is 10.1. The Labute approximate surface area is 229 Å². The average molecular weight is 535 g/mol. The molecular weight excluding hydrogens is 507 g/mol. The molecule has 1 fully saturated rings. The quantitative estimate of drug-likeness (QED) is 0.277. The van der Waals surface area contributed by atoms with Crippen LogP contribution in [0.4, 0.5) is 4.39 Å². The normalized spacial score (nSPS) is 13.9. The van der Waals surface area contributed by atoms with Crippen molar-refractivity contribution in [3.05, 3.63) is 72.6 Å². The van der Waals surface area contributed by atoms with Crippen molar-refractivity contribution < 1.29 is 9.13 Å². The summed E-state index contributed by atoms with van der Waals surface area (Å²) < 4.78 is 20.6. The molecule has 6 heterocycles. The molecule has 0 bridgehead atoms. The predicted octanol–water partition coefficient (Wildman–Crippen LogP) is 5.55. The van der Waals surface area contributed by atoms with E-state index in [9.17, 15) is 4.39 Å². The van der Waals surface area contributed by atoms with Gasteiger partial charge in [0.05, 0.1) is 28.6 Å². The SMILES string of the molecule is Cc1ccncc1-c1cc2c(-c3nc4c(-c5cc(F)cc(OCCN6CCCC6)c5)nccc4[nH]3)n[nH]c2cn1. The van der Waals surface area contributed by atoms with E-state index in [0.29, 0.717) is 40.6 Å². The predicted molar refractivity (Wildman–Crippen MR) is 151 cm³/mol. The molecule has 0 aliphatic carbocycles. The molecule has 1 aromatic carbocycles. The number of imidazole rings is 1. The molecular formula is C30H27FN8O. The Bertz CT molecular complexity index is 1840. The van der Waals surface area contributed by atoms with Gasteiger partial charge in [0.1, 0.15) is 29.4 Å². The van der Waals surface area contributed by atoms with Gasteiger partial charge < -0.3 is 9.72 Å². The van der Waals surface area contributed by atoms with Crippen molar-refractivity contribution in [3.63, 3.8) is 0 Å². The van der Waals surface area contributed by atoms with E-state index in [0.717, 1.165) is 52.9 Å². The molecule has 9 nitrogen and oxygen atoms in total. The lowest BCUT2D eigenvalue weighted by Gasteiger charge is -2.15. The fourth-order valence-electron chi connectivity index (χ4n) is 5.32. The minimum Gasteiger partial charge on any atom is -0.492 e. The Morgan fingerprint density at radius 1 is 0.975 bits per heavy atom. The van der Waals surface area contributed by atoms with Gasteiger partial charge in [0, 0.05) is 47.7 Å². The number of fused-ring (bicyclic) bond motifs is 2. The van der Waals surface area contributed by atoms with Crippen LogP contribution in [0.15, 0.2) is 61.2 Å². The van der Waals surface area contributed by atoms with Crippen LogP contribution in [0.1, 0.15) is 18.4 Å². The minimum absolute atomic E-state index is 0.382. The molecule has 0 unspecified atom stereocenters. The number of halogens is 1. The number of benzene rings is 1. The molecule has 5 aromatic heterocycles. The molecule has 1 aliphatic rings. The van der Waals surface area contributed by atoms with E-state index in [1.54, 1.807) is 18.6 Å². The number of H-pyrrole nitrogens is 2. The van der Waals surface area contributed by atoms with Crippen LogP contribution < -0.4 is 4.74 Å². The first-order chi connectivity index (χ1) is 19.6. The molecule has 200 valence electrons. The van der Waals surface area contributed by atoms with Crippen molar-refractivity contribution in [1.29, 1.82) is 0 Å². The smallest absolute Gasteiger partial charge is 0.159 e. The highest BCUT2D eigenvalue weighted by Crippen LogP contribution is 2.33. The highest BCUT2D eigenvalue weighted by Gasteiger charge is 2.18. The Balaban J connectivity index is 1.24. The number of aromatic nitrogens is 7. The summed E-state index contributed by atoms with van der Waals surface area (Å²) in [6.45, 7) is 5.56. The van der Waals surface area contributed by atoms with E-state index in [1.165, 1.54) is 25.0 Å². The maximum Gasteiger partial charge on any atom is 0.159 e. The molecule has 0 spiro atoms. The van der Waals surface area contributed by atoms with Crippen molar-refractivity contribution in [2.24, 2.45) is 0 Å². The summed E-state index contributed by atoms with van der Waals surface area (Å²) >= 11 is 0. The summed E-state index contributed by atoms with van der Waals surface area (Å²) in [5.41, 5.74) is 6.86. The summed E-state index contributed by atoms with van der Waals surface area (Å²) in [6, 6.07) is 10.5. The summed E-state index contributed by atoms with van der Waals surface area (Å²) in [6.07, 6.45) is 9.48. The topological polar surface area (TPSA) is 109 Å². The van der Waals surface area contributed by atoms with E-state index >= 15 is 0 Å². The van der Waals surface area contributed by atoms with E-state index in [2.05, 4.69) is 35.0 Å². The Hall–Kier alpha value is -4.70. The average Bonchev–Trinajstić information content (AvgIpc) is 3.72. The third kappa shape index (κ3) is 4.56. The van der Waals surface area contributed by atoms with Crippen molar-refractivity contribution in [3.8, 4) is 39.8 Å². The summed E-state index contributed by atoms with van der Waals surface area (Å²) in [5.74, 6) is 0.675. The fourth-order valence-corrected chi connectivity index (χ4v) is 5.32. The molecule has 0 radical (unpaired) electrons. The van der Waals surface area contributed by atoms with Gasteiger partial charge in [-0.1, -0.05) is 0 Å². The van der Waals surface area contributed by atoms with Gasteiger partial charge in [-0.2, -0.15) is 5.10 Å². The van der Waals surface area contributed by atoms with Gasteiger partial charge >= 0.3 is 0 Å². The molecule has 0 amide bonds. The van der Waals surface area contributed by atoms with E-state index < -0.39 is 0 Å². The van der Waals surface area contributed by atoms with Crippen LogP contribution in [0, 0.1) is 12.7 Å². The van der Waals surface area contributed by atoms with Crippen LogP contribution in [-0.2, 0) is 0 Å². The van der Waals surface area contributed by atoms with Gasteiger partial charge in [-0.25, -0.2) is 9.37 Å². The zero-order valence-corrected chi connectivity index (χ0v) is 22.0. The zero-order valence-electron chi connectivity index (χ0n) is 22.0. The van der Waals surface area contributed by atoms with Gasteiger partial charge in [0.15, 0.2) is 5.82 Å². The lowest BCUT2D eigenvalue weighted by molar-refractivity contribution is 0.237. The molecule has 2 N–H and O–H groups in total. The van der Waals surface area contributed by atoms with Gasteiger partial charge in [0.2, 0.25) is 0 Å². The zero-order chi connectivity index (χ0) is 27.1. The number of hydrogen-bond donors (Lipinski definition) is 2. The van der Waals surface area contributed by atoms with Crippen LogP contribution in [0.3, 0.4) is 0 Å². The maximum atomic E-state index is 14.7. The Morgan fingerprint density at radius 2 is 1.88 bits per heavy atom. The molecule has 10 heteroatoms. The number of ether oxygens (including phenoxy) is 1. The highest BCUT2D eigenvalue weighted by atomic mass is 19.1. The van der Waals surface area contributed by atoms with Crippen LogP contribution in [0.5, 0.6) is 5.75 Å². The third-order valence-electron chi connectivity index (χ3n) is 7.41. The van der Waals surface area contributed by atoms with Crippen molar-refractivity contribution in [1.82, 2.24) is 40.0 Å². The number of aromatic amines is 2. The Morgan fingerprint density at radius 3 is 2.75 bits per heavy atom.